The molecule has 2 nitrogen and oxygen atoms in total. The zero-order valence-corrected chi connectivity index (χ0v) is 11.4. The van der Waals surface area contributed by atoms with Crippen LogP contribution >= 0.6 is 15.9 Å². The summed E-state index contributed by atoms with van der Waals surface area (Å²) in [6.07, 6.45) is 9.03. The lowest BCUT2D eigenvalue weighted by Gasteiger charge is -2.04. The van der Waals surface area contributed by atoms with Gasteiger partial charge < -0.3 is 5.32 Å². The molecule has 0 aromatic heterocycles. The first kappa shape index (κ1) is 14.9. The van der Waals surface area contributed by atoms with Crippen LogP contribution in [0, 0.1) is 0 Å². The average molecular weight is 278 g/mol. The molecule has 1 amide bonds. The summed E-state index contributed by atoms with van der Waals surface area (Å²) in [7, 11) is 0. The summed E-state index contributed by atoms with van der Waals surface area (Å²) in [4.78, 5) is 11.3. The molecule has 0 unspecified atom stereocenters. The lowest BCUT2D eigenvalue weighted by molar-refractivity contribution is -0.121. The molecular weight excluding hydrogens is 254 g/mol. The van der Waals surface area contributed by atoms with Crippen LogP contribution in [-0.2, 0) is 4.79 Å². The van der Waals surface area contributed by atoms with Crippen molar-refractivity contribution in [2.24, 2.45) is 0 Å². The third-order valence-electron chi connectivity index (χ3n) is 2.39. The van der Waals surface area contributed by atoms with Gasteiger partial charge in [0.2, 0.25) is 5.91 Å². The van der Waals surface area contributed by atoms with E-state index >= 15 is 0 Å². The van der Waals surface area contributed by atoms with Crippen LogP contribution in [0.2, 0.25) is 0 Å². The maximum absolute atomic E-state index is 11.3. The Labute approximate surface area is 102 Å². The molecule has 90 valence electrons. The Morgan fingerprint density at radius 3 is 2.47 bits per heavy atom. The van der Waals surface area contributed by atoms with Gasteiger partial charge in [-0.1, -0.05) is 48.5 Å². The molecule has 0 aliphatic carbocycles. The van der Waals surface area contributed by atoms with Gasteiger partial charge in [0.15, 0.2) is 0 Å². The lowest BCUT2D eigenvalue weighted by atomic mass is 10.1. The monoisotopic (exact) mass is 277 g/mol. The van der Waals surface area contributed by atoms with E-state index in [1.165, 1.54) is 25.7 Å². The highest BCUT2D eigenvalue weighted by atomic mass is 79.9. The Bertz CT molecular complexity index is 151. The van der Waals surface area contributed by atoms with Gasteiger partial charge in [-0.05, 0) is 19.3 Å². The number of halogens is 1. The Morgan fingerprint density at radius 2 is 1.80 bits per heavy atom. The van der Waals surface area contributed by atoms with E-state index < -0.39 is 0 Å². The van der Waals surface area contributed by atoms with E-state index in [4.69, 9.17) is 0 Å². The maximum atomic E-state index is 11.3. The Hall–Kier alpha value is -0.0500. The van der Waals surface area contributed by atoms with Gasteiger partial charge in [0.05, 0.1) is 0 Å². The van der Waals surface area contributed by atoms with E-state index in [0.29, 0.717) is 6.42 Å². The Morgan fingerprint density at radius 1 is 1.07 bits per heavy atom. The SMILES string of the molecule is CCCCCCCNC(=O)CCCCBr. The minimum absolute atomic E-state index is 0.214. The number of alkyl halides is 1. The third kappa shape index (κ3) is 11.9. The largest absolute Gasteiger partial charge is 0.356 e. The summed E-state index contributed by atoms with van der Waals surface area (Å²) in [6.45, 7) is 3.07. The predicted octanol–water partition coefficient (Wildman–Crippen LogP) is 3.64. The quantitative estimate of drug-likeness (QED) is 0.480. The van der Waals surface area contributed by atoms with Crippen LogP contribution in [0.1, 0.15) is 58.3 Å². The molecular formula is C12H24BrNO. The standard InChI is InChI=1S/C12H24BrNO/c1-2-3-4-5-8-11-14-12(15)9-6-7-10-13/h2-11H2,1H3,(H,14,15). The van der Waals surface area contributed by atoms with Gasteiger partial charge in [-0.15, -0.1) is 0 Å². The number of carbonyl (C=O) groups is 1. The summed E-state index contributed by atoms with van der Waals surface area (Å²) in [6, 6.07) is 0. The van der Waals surface area contributed by atoms with Crippen molar-refractivity contribution in [1.82, 2.24) is 5.32 Å². The van der Waals surface area contributed by atoms with Crippen LogP contribution in [0.15, 0.2) is 0 Å². The minimum Gasteiger partial charge on any atom is -0.356 e. The van der Waals surface area contributed by atoms with Gasteiger partial charge in [-0.3, -0.25) is 4.79 Å². The van der Waals surface area contributed by atoms with Crippen LogP contribution in [0.5, 0.6) is 0 Å². The van der Waals surface area contributed by atoms with Gasteiger partial charge in [0.1, 0.15) is 0 Å². The summed E-state index contributed by atoms with van der Waals surface area (Å²) in [5.41, 5.74) is 0. The molecule has 0 aliphatic heterocycles. The highest BCUT2D eigenvalue weighted by molar-refractivity contribution is 9.09. The van der Waals surface area contributed by atoms with E-state index in [2.05, 4.69) is 28.2 Å². The fourth-order valence-corrected chi connectivity index (χ4v) is 1.82. The smallest absolute Gasteiger partial charge is 0.219 e. The van der Waals surface area contributed by atoms with E-state index in [9.17, 15) is 4.79 Å². The van der Waals surface area contributed by atoms with Crippen LogP contribution in [-0.4, -0.2) is 17.8 Å². The lowest BCUT2D eigenvalue weighted by Crippen LogP contribution is -2.23. The highest BCUT2D eigenvalue weighted by Crippen LogP contribution is 2.02. The topological polar surface area (TPSA) is 29.1 Å². The molecule has 3 heteroatoms. The van der Waals surface area contributed by atoms with E-state index in [1.54, 1.807) is 0 Å². The fourth-order valence-electron chi connectivity index (χ4n) is 1.42. The first-order chi connectivity index (χ1) is 7.31. The molecule has 0 bridgehead atoms. The molecule has 1 N–H and O–H groups in total. The van der Waals surface area contributed by atoms with Gasteiger partial charge in [0.25, 0.3) is 0 Å². The van der Waals surface area contributed by atoms with E-state index in [0.717, 1.165) is 31.1 Å². The molecule has 0 rings (SSSR count). The number of amides is 1. The number of carbonyl (C=O) groups excluding carboxylic acids is 1. The van der Waals surface area contributed by atoms with E-state index in [1.807, 2.05) is 0 Å². The van der Waals surface area contributed by atoms with Crippen molar-refractivity contribution in [3.05, 3.63) is 0 Å². The summed E-state index contributed by atoms with van der Waals surface area (Å²) < 4.78 is 0. The molecule has 0 spiro atoms. The van der Waals surface area contributed by atoms with Gasteiger partial charge in [-0.25, -0.2) is 0 Å². The minimum atomic E-state index is 0.214. The zero-order chi connectivity index (χ0) is 11.4. The normalized spacial score (nSPS) is 10.3. The maximum Gasteiger partial charge on any atom is 0.219 e. The molecule has 0 aromatic rings. The van der Waals surface area contributed by atoms with Crippen molar-refractivity contribution in [1.29, 1.82) is 0 Å². The number of nitrogens with one attached hydrogen (secondary N) is 1. The number of rotatable bonds is 10. The number of hydrogen-bond donors (Lipinski definition) is 1. The Balaban J connectivity index is 3.10. The van der Waals surface area contributed by atoms with Gasteiger partial charge in [0, 0.05) is 18.3 Å². The fraction of sp³-hybridized carbons (Fsp3) is 0.917. The van der Waals surface area contributed by atoms with Crippen molar-refractivity contribution in [3.8, 4) is 0 Å². The van der Waals surface area contributed by atoms with Gasteiger partial charge >= 0.3 is 0 Å². The van der Waals surface area contributed by atoms with Crippen LogP contribution in [0.4, 0.5) is 0 Å². The van der Waals surface area contributed by atoms with Crippen LogP contribution in [0.25, 0.3) is 0 Å². The summed E-state index contributed by atoms with van der Waals surface area (Å²) in [5.74, 6) is 0.214. The second-order valence-corrected chi connectivity index (χ2v) is 4.70. The zero-order valence-electron chi connectivity index (χ0n) is 9.86. The molecule has 0 radical (unpaired) electrons. The molecule has 0 aromatic carbocycles. The second-order valence-electron chi connectivity index (χ2n) is 3.91. The molecule has 0 atom stereocenters. The molecule has 0 fully saturated rings. The van der Waals surface area contributed by atoms with Crippen LogP contribution < -0.4 is 5.32 Å². The van der Waals surface area contributed by atoms with Gasteiger partial charge in [-0.2, -0.15) is 0 Å². The van der Waals surface area contributed by atoms with Crippen molar-refractivity contribution in [2.75, 3.05) is 11.9 Å². The Kier molecular flexibility index (Phi) is 12.0. The summed E-state index contributed by atoms with van der Waals surface area (Å²) >= 11 is 3.36. The second kappa shape index (κ2) is 12.0. The first-order valence-electron chi connectivity index (χ1n) is 6.14. The average Bonchev–Trinajstić information content (AvgIpc) is 2.23. The third-order valence-corrected chi connectivity index (χ3v) is 2.95. The van der Waals surface area contributed by atoms with Crippen molar-refractivity contribution >= 4 is 21.8 Å². The first-order valence-corrected chi connectivity index (χ1v) is 7.26. The number of hydrogen-bond acceptors (Lipinski definition) is 1. The molecule has 0 heterocycles. The molecule has 15 heavy (non-hydrogen) atoms. The van der Waals surface area contributed by atoms with Crippen LogP contribution in [0.3, 0.4) is 0 Å². The van der Waals surface area contributed by atoms with Crippen molar-refractivity contribution < 1.29 is 4.79 Å². The molecule has 0 aliphatic rings. The predicted molar refractivity (Wildman–Crippen MR) is 69.4 cm³/mol. The molecule has 0 saturated carbocycles. The summed E-state index contributed by atoms with van der Waals surface area (Å²) in [5, 5.41) is 3.96. The highest BCUT2D eigenvalue weighted by Gasteiger charge is 1.99. The van der Waals surface area contributed by atoms with Crippen molar-refractivity contribution in [2.45, 2.75) is 58.3 Å². The van der Waals surface area contributed by atoms with Crippen molar-refractivity contribution in [3.63, 3.8) is 0 Å². The molecule has 0 saturated heterocycles. The van der Waals surface area contributed by atoms with E-state index in [-0.39, 0.29) is 5.91 Å². The number of unbranched alkanes of at least 4 members (excludes halogenated alkanes) is 5.